The molecule has 0 aliphatic carbocycles. The number of carbonyl (C=O) groups excluding carboxylic acids is 1. The van der Waals surface area contributed by atoms with Crippen molar-refractivity contribution in [1.29, 1.82) is 0 Å². The number of hydrogen-bond donors (Lipinski definition) is 0. The Morgan fingerprint density at radius 3 is 2.76 bits per heavy atom. The minimum Gasteiger partial charge on any atom is -0.293 e. The summed E-state index contributed by atoms with van der Waals surface area (Å²) in [6.07, 6.45) is 1.96. The van der Waals surface area contributed by atoms with Crippen molar-refractivity contribution < 1.29 is 4.79 Å². The molecular formula is C13H12ClNOS. The standard InChI is InChI=1S/C13H12ClNOS/c1-8-3-4-10(11(14)5-8)6-12(16)13-7-15-9(2)17-13/h3-5,7H,6H2,1-2H3. The largest absolute Gasteiger partial charge is 0.293 e. The van der Waals surface area contributed by atoms with E-state index in [0.717, 1.165) is 16.1 Å². The van der Waals surface area contributed by atoms with Gasteiger partial charge in [-0.25, -0.2) is 4.98 Å². The van der Waals surface area contributed by atoms with Crippen LogP contribution in [-0.2, 0) is 6.42 Å². The van der Waals surface area contributed by atoms with Crippen LogP contribution in [-0.4, -0.2) is 10.8 Å². The highest BCUT2D eigenvalue weighted by Gasteiger charge is 2.12. The fourth-order valence-corrected chi connectivity index (χ4v) is 2.56. The van der Waals surface area contributed by atoms with Crippen molar-refractivity contribution in [2.24, 2.45) is 0 Å². The minimum absolute atomic E-state index is 0.0707. The van der Waals surface area contributed by atoms with Gasteiger partial charge in [0.15, 0.2) is 5.78 Å². The zero-order valence-electron chi connectivity index (χ0n) is 9.66. The molecule has 2 rings (SSSR count). The van der Waals surface area contributed by atoms with Gasteiger partial charge in [0, 0.05) is 17.6 Å². The van der Waals surface area contributed by atoms with Crippen LogP contribution in [0.2, 0.25) is 5.02 Å². The number of carbonyl (C=O) groups is 1. The molecule has 2 aromatic rings. The summed E-state index contributed by atoms with van der Waals surface area (Å²) in [6.45, 7) is 3.87. The Bertz CT molecular complexity index is 562. The highest BCUT2D eigenvalue weighted by atomic mass is 35.5. The third-order valence-electron chi connectivity index (χ3n) is 2.46. The summed E-state index contributed by atoms with van der Waals surface area (Å²) in [5.41, 5.74) is 1.97. The van der Waals surface area contributed by atoms with Crippen molar-refractivity contribution in [3.63, 3.8) is 0 Å². The van der Waals surface area contributed by atoms with Crippen LogP contribution >= 0.6 is 22.9 Å². The zero-order valence-corrected chi connectivity index (χ0v) is 11.2. The molecule has 2 nitrogen and oxygen atoms in total. The lowest BCUT2D eigenvalue weighted by Crippen LogP contribution is -2.01. The van der Waals surface area contributed by atoms with E-state index in [9.17, 15) is 4.79 Å². The molecule has 0 saturated heterocycles. The summed E-state index contributed by atoms with van der Waals surface area (Å²) in [5, 5.41) is 1.56. The van der Waals surface area contributed by atoms with Gasteiger partial charge < -0.3 is 0 Å². The van der Waals surface area contributed by atoms with Gasteiger partial charge in [-0.2, -0.15) is 0 Å². The van der Waals surface area contributed by atoms with E-state index in [1.807, 2.05) is 32.0 Å². The zero-order chi connectivity index (χ0) is 12.4. The molecule has 0 radical (unpaired) electrons. The summed E-state index contributed by atoms with van der Waals surface area (Å²) in [4.78, 5) is 16.8. The van der Waals surface area contributed by atoms with Crippen molar-refractivity contribution in [2.45, 2.75) is 20.3 Å². The predicted octanol–water partition coefficient (Wildman–Crippen LogP) is 3.84. The molecular weight excluding hydrogens is 254 g/mol. The van der Waals surface area contributed by atoms with Gasteiger partial charge in [0.05, 0.1) is 9.88 Å². The molecule has 1 heterocycles. The van der Waals surface area contributed by atoms with Gasteiger partial charge in [-0.1, -0.05) is 23.7 Å². The smallest absolute Gasteiger partial charge is 0.178 e. The first kappa shape index (κ1) is 12.3. The Morgan fingerprint density at radius 1 is 1.41 bits per heavy atom. The third kappa shape index (κ3) is 2.93. The first-order valence-corrected chi connectivity index (χ1v) is 6.46. The van der Waals surface area contributed by atoms with Gasteiger partial charge in [-0.05, 0) is 31.0 Å². The SMILES string of the molecule is Cc1ccc(CC(=O)c2cnc(C)s2)c(Cl)c1. The van der Waals surface area contributed by atoms with Crippen LogP contribution in [0.3, 0.4) is 0 Å². The number of aryl methyl sites for hydroxylation is 2. The summed E-state index contributed by atoms with van der Waals surface area (Å²) in [7, 11) is 0. The fraction of sp³-hybridized carbons (Fsp3) is 0.231. The fourth-order valence-electron chi connectivity index (χ4n) is 1.55. The first-order valence-electron chi connectivity index (χ1n) is 5.27. The molecule has 0 aliphatic rings. The average molecular weight is 266 g/mol. The van der Waals surface area contributed by atoms with Gasteiger partial charge >= 0.3 is 0 Å². The lowest BCUT2D eigenvalue weighted by molar-refractivity contribution is 0.0996. The number of ketones is 1. The van der Waals surface area contributed by atoms with Crippen LogP contribution in [0, 0.1) is 13.8 Å². The second-order valence-electron chi connectivity index (χ2n) is 3.94. The van der Waals surface area contributed by atoms with Gasteiger partial charge in [0.25, 0.3) is 0 Å². The van der Waals surface area contributed by atoms with Crippen molar-refractivity contribution in [1.82, 2.24) is 4.98 Å². The van der Waals surface area contributed by atoms with E-state index >= 15 is 0 Å². The normalized spacial score (nSPS) is 10.5. The molecule has 1 aromatic heterocycles. The summed E-state index contributed by atoms with van der Waals surface area (Å²) >= 11 is 7.52. The van der Waals surface area contributed by atoms with Crippen molar-refractivity contribution in [3.05, 3.63) is 50.4 Å². The van der Waals surface area contributed by atoms with E-state index in [2.05, 4.69) is 4.98 Å². The van der Waals surface area contributed by atoms with E-state index in [4.69, 9.17) is 11.6 Å². The molecule has 0 saturated carbocycles. The molecule has 0 amide bonds. The van der Waals surface area contributed by atoms with Gasteiger partial charge in [-0.15, -0.1) is 11.3 Å². The highest BCUT2D eigenvalue weighted by Crippen LogP contribution is 2.21. The number of benzene rings is 1. The first-order chi connectivity index (χ1) is 8.06. The third-order valence-corrected chi connectivity index (χ3v) is 3.76. The summed E-state index contributed by atoms with van der Waals surface area (Å²) in [6, 6.07) is 5.75. The minimum atomic E-state index is 0.0707. The Labute approximate surface area is 109 Å². The van der Waals surface area contributed by atoms with Crippen LogP contribution < -0.4 is 0 Å². The highest BCUT2D eigenvalue weighted by molar-refractivity contribution is 7.13. The lowest BCUT2D eigenvalue weighted by atomic mass is 10.1. The van der Waals surface area contributed by atoms with Crippen LogP contribution in [0.1, 0.15) is 25.8 Å². The Balaban J connectivity index is 2.18. The van der Waals surface area contributed by atoms with Crippen LogP contribution in [0.15, 0.2) is 24.4 Å². The molecule has 0 aliphatic heterocycles. The Morgan fingerprint density at radius 2 is 2.18 bits per heavy atom. The monoisotopic (exact) mass is 265 g/mol. The topological polar surface area (TPSA) is 30.0 Å². The molecule has 4 heteroatoms. The number of nitrogens with zero attached hydrogens (tertiary/aromatic N) is 1. The lowest BCUT2D eigenvalue weighted by Gasteiger charge is -2.03. The molecule has 0 unspecified atom stereocenters. The van der Waals surface area contributed by atoms with Crippen LogP contribution in [0.5, 0.6) is 0 Å². The van der Waals surface area contributed by atoms with E-state index in [0.29, 0.717) is 16.3 Å². The number of rotatable bonds is 3. The maximum absolute atomic E-state index is 12.0. The molecule has 0 spiro atoms. The predicted molar refractivity (Wildman–Crippen MR) is 71.1 cm³/mol. The number of thiazole rings is 1. The second-order valence-corrected chi connectivity index (χ2v) is 5.58. The van der Waals surface area contributed by atoms with E-state index in [-0.39, 0.29) is 5.78 Å². The van der Waals surface area contributed by atoms with E-state index in [1.54, 1.807) is 6.20 Å². The summed E-state index contributed by atoms with van der Waals surface area (Å²) in [5.74, 6) is 0.0707. The number of Topliss-reactive ketones (excluding diaryl/α,β-unsaturated/α-hetero) is 1. The molecule has 0 atom stereocenters. The molecule has 0 fully saturated rings. The van der Waals surface area contributed by atoms with Gasteiger partial charge in [0.1, 0.15) is 0 Å². The van der Waals surface area contributed by atoms with E-state index < -0.39 is 0 Å². The van der Waals surface area contributed by atoms with Gasteiger partial charge in [-0.3, -0.25) is 4.79 Å². The van der Waals surface area contributed by atoms with Gasteiger partial charge in [0.2, 0.25) is 0 Å². The van der Waals surface area contributed by atoms with Crippen LogP contribution in [0.4, 0.5) is 0 Å². The quantitative estimate of drug-likeness (QED) is 0.790. The van der Waals surface area contributed by atoms with Crippen molar-refractivity contribution >= 4 is 28.7 Å². The maximum atomic E-state index is 12.0. The van der Waals surface area contributed by atoms with E-state index in [1.165, 1.54) is 11.3 Å². The maximum Gasteiger partial charge on any atom is 0.178 e. The molecule has 0 bridgehead atoms. The molecule has 17 heavy (non-hydrogen) atoms. The summed E-state index contributed by atoms with van der Waals surface area (Å²) < 4.78 is 0. The molecule has 0 N–H and O–H groups in total. The number of aromatic nitrogens is 1. The van der Waals surface area contributed by atoms with Crippen molar-refractivity contribution in [3.8, 4) is 0 Å². The molecule has 1 aromatic carbocycles. The average Bonchev–Trinajstić information content (AvgIpc) is 2.69. The number of hydrogen-bond acceptors (Lipinski definition) is 3. The van der Waals surface area contributed by atoms with Crippen molar-refractivity contribution in [2.75, 3.05) is 0 Å². The number of halogens is 1. The second kappa shape index (κ2) is 4.98. The van der Waals surface area contributed by atoms with Crippen LogP contribution in [0.25, 0.3) is 0 Å². The molecule has 88 valence electrons. The Kier molecular flexibility index (Phi) is 3.60. The Hall–Kier alpha value is -1.19.